The lowest BCUT2D eigenvalue weighted by atomic mass is 10.3. The summed E-state index contributed by atoms with van der Waals surface area (Å²) in [6, 6.07) is 3.53. The van der Waals surface area contributed by atoms with Crippen molar-refractivity contribution in [2.45, 2.75) is 13.0 Å². The highest BCUT2D eigenvalue weighted by Gasteiger charge is 2.12. The van der Waals surface area contributed by atoms with E-state index in [4.69, 9.17) is 10.2 Å². The van der Waals surface area contributed by atoms with Crippen LogP contribution in [0.3, 0.4) is 0 Å². The summed E-state index contributed by atoms with van der Waals surface area (Å²) >= 11 is 3.31. The predicted octanol–water partition coefficient (Wildman–Crippen LogP) is 2.23. The van der Waals surface area contributed by atoms with Gasteiger partial charge in [0.15, 0.2) is 5.58 Å². The minimum atomic E-state index is -0.722. The van der Waals surface area contributed by atoms with Crippen LogP contribution in [-0.2, 0) is 0 Å². The van der Waals surface area contributed by atoms with Crippen molar-refractivity contribution in [3.63, 3.8) is 0 Å². The summed E-state index contributed by atoms with van der Waals surface area (Å²) in [5.41, 5.74) is 7.40. The summed E-state index contributed by atoms with van der Waals surface area (Å²) in [7, 11) is 0. The monoisotopic (exact) mass is 256 g/mol. The number of nitrogens with two attached hydrogens (primary N) is 1. The van der Waals surface area contributed by atoms with Gasteiger partial charge in [0.25, 0.3) is 0 Å². The van der Waals surface area contributed by atoms with Crippen LogP contribution in [0.2, 0.25) is 0 Å². The Kier molecular flexibility index (Phi) is 2.20. The molecule has 0 aliphatic rings. The molecule has 3 N–H and O–H groups in total. The molecular formula is C9H9BrN2O2. The van der Waals surface area contributed by atoms with Gasteiger partial charge in [-0.3, -0.25) is 0 Å². The van der Waals surface area contributed by atoms with Crippen molar-refractivity contribution in [1.82, 2.24) is 4.98 Å². The van der Waals surface area contributed by atoms with Gasteiger partial charge in [-0.05, 0) is 19.1 Å². The fourth-order valence-electron chi connectivity index (χ4n) is 1.22. The molecule has 0 radical (unpaired) electrons. The number of benzene rings is 1. The van der Waals surface area contributed by atoms with Crippen molar-refractivity contribution in [3.8, 4) is 0 Å². The number of oxazole rings is 1. The van der Waals surface area contributed by atoms with Crippen molar-refractivity contribution in [2.24, 2.45) is 0 Å². The maximum absolute atomic E-state index is 9.28. The molecule has 0 fully saturated rings. The van der Waals surface area contributed by atoms with Crippen molar-refractivity contribution in [1.29, 1.82) is 0 Å². The highest BCUT2D eigenvalue weighted by Crippen LogP contribution is 2.28. The Balaban J connectivity index is 2.70. The SMILES string of the molecule is CC(O)c1nc2cc(Br)cc(N)c2o1. The molecule has 1 aromatic carbocycles. The van der Waals surface area contributed by atoms with E-state index in [0.29, 0.717) is 16.8 Å². The van der Waals surface area contributed by atoms with E-state index >= 15 is 0 Å². The summed E-state index contributed by atoms with van der Waals surface area (Å²) in [6.45, 7) is 1.59. The standard InChI is InChI=1S/C9H9BrN2O2/c1-4(13)9-12-7-3-5(10)2-6(11)8(7)14-9/h2-4,13H,11H2,1H3. The second-order valence-corrected chi connectivity index (χ2v) is 3.99. The summed E-state index contributed by atoms with van der Waals surface area (Å²) in [5.74, 6) is 0.282. The van der Waals surface area contributed by atoms with Gasteiger partial charge in [-0.2, -0.15) is 0 Å². The first kappa shape index (κ1) is 9.48. The Hall–Kier alpha value is -1.07. The highest BCUT2D eigenvalue weighted by atomic mass is 79.9. The number of hydrogen-bond acceptors (Lipinski definition) is 4. The molecule has 1 atom stereocenters. The zero-order valence-corrected chi connectivity index (χ0v) is 9.08. The van der Waals surface area contributed by atoms with E-state index in [1.165, 1.54) is 0 Å². The minimum absolute atomic E-state index is 0.282. The maximum Gasteiger partial charge on any atom is 0.224 e. The van der Waals surface area contributed by atoms with Gasteiger partial charge < -0.3 is 15.3 Å². The first-order chi connectivity index (χ1) is 6.58. The maximum atomic E-state index is 9.28. The Morgan fingerprint density at radius 3 is 2.93 bits per heavy atom. The number of anilines is 1. The second kappa shape index (κ2) is 3.25. The third-order valence-corrected chi connectivity index (χ3v) is 2.32. The van der Waals surface area contributed by atoms with Crippen LogP contribution in [0.1, 0.15) is 18.9 Å². The molecule has 1 aromatic heterocycles. The van der Waals surface area contributed by atoms with Crippen molar-refractivity contribution in [2.75, 3.05) is 5.73 Å². The molecule has 0 amide bonds. The highest BCUT2D eigenvalue weighted by molar-refractivity contribution is 9.10. The number of rotatable bonds is 1. The van der Waals surface area contributed by atoms with E-state index in [1.54, 1.807) is 19.1 Å². The zero-order valence-electron chi connectivity index (χ0n) is 7.49. The van der Waals surface area contributed by atoms with Crippen LogP contribution in [0, 0.1) is 0 Å². The van der Waals surface area contributed by atoms with Crippen molar-refractivity contribution < 1.29 is 9.52 Å². The first-order valence-corrected chi connectivity index (χ1v) is 4.91. The Bertz CT molecular complexity index is 479. The van der Waals surface area contributed by atoms with E-state index in [1.807, 2.05) is 0 Å². The van der Waals surface area contributed by atoms with Gasteiger partial charge in [0.05, 0.1) is 5.69 Å². The molecular weight excluding hydrogens is 248 g/mol. The minimum Gasteiger partial charge on any atom is -0.436 e. The molecule has 14 heavy (non-hydrogen) atoms. The smallest absolute Gasteiger partial charge is 0.224 e. The molecule has 0 bridgehead atoms. The zero-order chi connectivity index (χ0) is 10.3. The van der Waals surface area contributed by atoms with Gasteiger partial charge in [-0.1, -0.05) is 15.9 Å². The lowest BCUT2D eigenvalue weighted by Gasteiger charge is -1.95. The summed E-state index contributed by atoms with van der Waals surface area (Å²) in [5, 5.41) is 9.28. The number of nitrogen functional groups attached to an aromatic ring is 1. The second-order valence-electron chi connectivity index (χ2n) is 3.07. The molecule has 0 spiro atoms. The largest absolute Gasteiger partial charge is 0.436 e. The topological polar surface area (TPSA) is 72.3 Å². The van der Waals surface area contributed by atoms with Crippen LogP contribution in [0.15, 0.2) is 21.0 Å². The van der Waals surface area contributed by atoms with E-state index < -0.39 is 6.10 Å². The third kappa shape index (κ3) is 1.49. The molecule has 1 unspecified atom stereocenters. The molecule has 5 heteroatoms. The molecule has 0 aliphatic carbocycles. The first-order valence-electron chi connectivity index (χ1n) is 4.11. The lowest BCUT2D eigenvalue weighted by Crippen LogP contribution is -1.88. The average molecular weight is 257 g/mol. The van der Waals surface area contributed by atoms with Gasteiger partial charge in [0.1, 0.15) is 11.6 Å². The number of halogens is 1. The molecule has 2 rings (SSSR count). The number of aliphatic hydroxyl groups is 1. The molecule has 4 nitrogen and oxygen atoms in total. The number of aromatic nitrogens is 1. The number of fused-ring (bicyclic) bond motifs is 1. The Morgan fingerprint density at radius 1 is 1.57 bits per heavy atom. The normalized spacial score (nSPS) is 13.4. The van der Waals surface area contributed by atoms with Crippen molar-refractivity contribution >= 4 is 32.7 Å². The predicted molar refractivity (Wildman–Crippen MR) is 56.8 cm³/mol. The van der Waals surface area contributed by atoms with E-state index in [-0.39, 0.29) is 5.89 Å². The number of hydrogen-bond donors (Lipinski definition) is 2. The molecule has 74 valence electrons. The average Bonchev–Trinajstić information content (AvgIpc) is 2.47. The van der Waals surface area contributed by atoms with Crippen LogP contribution in [-0.4, -0.2) is 10.1 Å². The summed E-state index contributed by atoms with van der Waals surface area (Å²) in [6.07, 6.45) is -0.722. The quantitative estimate of drug-likeness (QED) is 0.768. The Morgan fingerprint density at radius 2 is 2.29 bits per heavy atom. The van der Waals surface area contributed by atoms with Crippen LogP contribution in [0.25, 0.3) is 11.1 Å². The van der Waals surface area contributed by atoms with Gasteiger partial charge in [0.2, 0.25) is 5.89 Å². The van der Waals surface area contributed by atoms with Crippen LogP contribution in [0.5, 0.6) is 0 Å². The lowest BCUT2D eigenvalue weighted by molar-refractivity contribution is 0.165. The van der Waals surface area contributed by atoms with Crippen LogP contribution in [0.4, 0.5) is 5.69 Å². The van der Waals surface area contributed by atoms with Gasteiger partial charge >= 0.3 is 0 Å². The van der Waals surface area contributed by atoms with E-state index in [2.05, 4.69) is 20.9 Å². The van der Waals surface area contributed by atoms with E-state index in [0.717, 1.165) is 4.47 Å². The van der Waals surface area contributed by atoms with Gasteiger partial charge in [-0.15, -0.1) is 0 Å². The summed E-state index contributed by atoms with van der Waals surface area (Å²) in [4.78, 5) is 4.11. The fourth-order valence-corrected chi connectivity index (χ4v) is 1.68. The summed E-state index contributed by atoms with van der Waals surface area (Å²) < 4.78 is 6.15. The van der Waals surface area contributed by atoms with Crippen LogP contribution < -0.4 is 5.73 Å². The van der Waals surface area contributed by atoms with Crippen LogP contribution >= 0.6 is 15.9 Å². The fraction of sp³-hybridized carbons (Fsp3) is 0.222. The van der Waals surface area contributed by atoms with Crippen molar-refractivity contribution in [3.05, 3.63) is 22.5 Å². The third-order valence-electron chi connectivity index (χ3n) is 1.86. The molecule has 1 heterocycles. The molecule has 0 saturated carbocycles. The van der Waals surface area contributed by atoms with Gasteiger partial charge in [-0.25, -0.2) is 4.98 Å². The molecule has 0 aliphatic heterocycles. The van der Waals surface area contributed by atoms with E-state index in [9.17, 15) is 5.11 Å². The molecule has 0 saturated heterocycles. The van der Waals surface area contributed by atoms with Gasteiger partial charge in [0, 0.05) is 4.47 Å². The number of nitrogens with zero attached hydrogens (tertiary/aromatic N) is 1. The molecule has 2 aromatic rings. The Labute approximate surface area is 88.9 Å². The number of aliphatic hydroxyl groups excluding tert-OH is 1.